The number of thiol groups is 1. The van der Waals surface area contributed by atoms with Crippen molar-refractivity contribution in [2.24, 2.45) is 5.92 Å². The number of aliphatic carboxylic acids is 1. The fraction of sp³-hybridized carbons (Fsp3) is 0.429. The zero-order valence-electron chi connectivity index (χ0n) is 17.1. The normalized spacial score (nSPS) is 21.3. The third kappa shape index (κ3) is 4.24. The first-order chi connectivity index (χ1) is 14.2. The zero-order valence-corrected chi connectivity index (χ0v) is 20.4. The lowest BCUT2D eigenvalue weighted by Crippen LogP contribution is -2.47. The van der Waals surface area contributed by atoms with Gasteiger partial charge in [-0.3, -0.25) is 4.79 Å². The van der Waals surface area contributed by atoms with E-state index < -0.39 is 16.7 Å². The number of carboxylic acids is 1. The third-order valence-electron chi connectivity index (χ3n) is 5.20. The monoisotopic (exact) mass is 513 g/mol. The van der Waals surface area contributed by atoms with E-state index in [1.54, 1.807) is 28.1 Å². The van der Waals surface area contributed by atoms with E-state index in [4.69, 9.17) is 9.47 Å². The van der Waals surface area contributed by atoms with Gasteiger partial charge in [-0.1, -0.05) is 25.6 Å². The van der Waals surface area contributed by atoms with Gasteiger partial charge in [0.15, 0.2) is 11.5 Å². The van der Waals surface area contributed by atoms with Crippen LogP contribution in [0.3, 0.4) is 0 Å². The van der Waals surface area contributed by atoms with E-state index in [9.17, 15) is 14.7 Å². The SMILES string of the molecule is COc1cc2c(cc1OC)C(Br)=C(/C=C1\SC(S)N(C(C(=O)O)C(C)C)C1=O)CC2. The minimum absolute atomic E-state index is 0.226. The van der Waals surface area contributed by atoms with E-state index in [-0.39, 0.29) is 11.8 Å². The molecule has 3 rings (SSSR count). The Morgan fingerprint density at radius 1 is 1.30 bits per heavy atom. The van der Waals surface area contributed by atoms with Crippen LogP contribution in [-0.4, -0.2) is 46.9 Å². The van der Waals surface area contributed by atoms with Crippen molar-refractivity contribution < 1.29 is 24.2 Å². The Labute approximate surface area is 194 Å². The fourth-order valence-electron chi connectivity index (χ4n) is 3.71. The Bertz CT molecular complexity index is 944. The van der Waals surface area contributed by atoms with Crippen molar-refractivity contribution in [3.05, 3.63) is 39.8 Å². The summed E-state index contributed by atoms with van der Waals surface area (Å²) in [5.74, 6) is -0.228. The highest BCUT2D eigenvalue weighted by Gasteiger charge is 2.43. The molecule has 2 atom stereocenters. The predicted molar refractivity (Wildman–Crippen MR) is 125 cm³/mol. The van der Waals surface area contributed by atoms with Crippen LogP contribution in [-0.2, 0) is 16.0 Å². The summed E-state index contributed by atoms with van der Waals surface area (Å²) in [4.78, 5) is 26.6. The summed E-state index contributed by atoms with van der Waals surface area (Å²) < 4.78 is 11.2. The van der Waals surface area contributed by atoms with Gasteiger partial charge in [0.05, 0.1) is 19.1 Å². The van der Waals surface area contributed by atoms with Crippen LogP contribution < -0.4 is 9.47 Å². The van der Waals surface area contributed by atoms with Crippen molar-refractivity contribution in [2.45, 2.75) is 37.4 Å². The molecule has 1 saturated heterocycles. The molecule has 30 heavy (non-hydrogen) atoms. The molecule has 1 N–H and O–H groups in total. The number of carbonyl (C=O) groups is 2. The maximum absolute atomic E-state index is 13.0. The molecule has 1 aromatic carbocycles. The maximum Gasteiger partial charge on any atom is 0.326 e. The van der Waals surface area contributed by atoms with Gasteiger partial charge in [0, 0.05) is 4.48 Å². The number of allylic oxidation sites excluding steroid dienone is 2. The van der Waals surface area contributed by atoms with Crippen LogP contribution in [0.2, 0.25) is 0 Å². The fourth-order valence-corrected chi connectivity index (χ4v) is 5.97. The van der Waals surface area contributed by atoms with Gasteiger partial charge in [-0.25, -0.2) is 4.79 Å². The lowest BCUT2D eigenvalue weighted by atomic mass is 9.91. The molecule has 1 aliphatic carbocycles. The van der Waals surface area contributed by atoms with E-state index in [1.165, 1.54) is 16.7 Å². The first-order valence-electron chi connectivity index (χ1n) is 9.45. The van der Waals surface area contributed by atoms with E-state index in [2.05, 4.69) is 28.6 Å². The van der Waals surface area contributed by atoms with Crippen molar-refractivity contribution in [3.8, 4) is 11.5 Å². The highest BCUT2D eigenvalue weighted by Crippen LogP contribution is 2.45. The lowest BCUT2D eigenvalue weighted by Gasteiger charge is -2.29. The average molecular weight is 514 g/mol. The highest BCUT2D eigenvalue weighted by molar-refractivity contribution is 9.15. The molecule has 2 aliphatic rings. The maximum atomic E-state index is 13.0. The highest BCUT2D eigenvalue weighted by atomic mass is 79.9. The molecular weight excluding hydrogens is 490 g/mol. The van der Waals surface area contributed by atoms with Crippen LogP contribution in [0.5, 0.6) is 11.5 Å². The molecule has 1 aromatic rings. The number of hydrogen-bond donors (Lipinski definition) is 2. The standard InChI is InChI=1S/C21H24BrNO5S2/c1-10(2)18(20(25)26)23-19(24)16(30-21(23)29)8-12-6-5-11-7-14(27-3)15(28-4)9-13(11)17(12)22/h7-10,18,21,29H,5-6H2,1-4H3,(H,25,26)/b16-8-. The number of benzene rings is 1. The van der Waals surface area contributed by atoms with Crippen molar-refractivity contribution in [3.63, 3.8) is 0 Å². The number of carbonyl (C=O) groups excluding carboxylic acids is 1. The molecule has 9 heteroatoms. The first kappa shape index (κ1) is 23.1. The average Bonchev–Trinajstić information content (AvgIpc) is 2.96. The largest absolute Gasteiger partial charge is 0.493 e. The summed E-state index contributed by atoms with van der Waals surface area (Å²) >= 11 is 9.44. The number of carboxylic acid groups (broad SMARTS) is 1. The molecule has 2 unspecified atom stereocenters. The Balaban J connectivity index is 1.97. The van der Waals surface area contributed by atoms with E-state index in [0.29, 0.717) is 16.4 Å². The van der Waals surface area contributed by atoms with E-state index in [0.717, 1.165) is 34.0 Å². The summed E-state index contributed by atoms with van der Waals surface area (Å²) in [7, 11) is 3.20. The topological polar surface area (TPSA) is 76.1 Å². The second-order valence-corrected chi connectivity index (χ2v) is 10.1. The Morgan fingerprint density at radius 3 is 2.50 bits per heavy atom. The number of thioether (sulfide) groups is 1. The van der Waals surface area contributed by atoms with Crippen LogP contribution in [0.25, 0.3) is 4.48 Å². The van der Waals surface area contributed by atoms with Gasteiger partial charge in [0.1, 0.15) is 10.7 Å². The number of ether oxygens (including phenoxy) is 2. The molecule has 0 bridgehead atoms. The Hall–Kier alpha value is -1.58. The van der Waals surface area contributed by atoms with Crippen molar-refractivity contribution in [2.75, 3.05) is 14.2 Å². The Kier molecular flexibility index (Phi) is 7.14. The van der Waals surface area contributed by atoms with Crippen LogP contribution in [0.4, 0.5) is 0 Å². The van der Waals surface area contributed by atoms with Gasteiger partial charge in [0.2, 0.25) is 0 Å². The number of methoxy groups -OCH3 is 2. The number of hydrogen-bond acceptors (Lipinski definition) is 6. The van der Waals surface area contributed by atoms with Crippen LogP contribution in [0, 0.1) is 5.92 Å². The Morgan fingerprint density at radius 2 is 1.93 bits per heavy atom. The second kappa shape index (κ2) is 9.28. The minimum Gasteiger partial charge on any atom is -0.493 e. The van der Waals surface area contributed by atoms with Crippen LogP contribution in [0.1, 0.15) is 31.4 Å². The molecule has 1 fully saturated rings. The predicted octanol–water partition coefficient (Wildman–Crippen LogP) is 4.54. The lowest BCUT2D eigenvalue weighted by molar-refractivity contribution is -0.149. The smallest absolute Gasteiger partial charge is 0.326 e. The van der Waals surface area contributed by atoms with Crippen molar-refractivity contribution in [1.82, 2.24) is 4.90 Å². The number of rotatable bonds is 6. The van der Waals surface area contributed by atoms with Crippen LogP contribution >= 0.6 is 40.3 Å². The molecule has 1 heterocycles. The van der Waals surface area contributed by atoms with Gasteiger partial charge in [-0.2, -0.15) is 0 Å². The summed E-state index contributed by atoms with van der Waals surface area (Å²) in [5.41, 5.74) is 3.10. The molecule has 0 aromatic heterocycles. The quantitative estimate of drug-likeness (QED) is 0.429. The molecule has 0 radical (unpaired) electrons. The van der Waals surface area contributed by atoms with E-state index in [1.807, 2.05) is 18.2 Å². The molecule has 0 saturated carbocycles. The zero-order chi connectivity index (χ0) is 22.2. The molecule has 6 nitrogen and oxygen atoms in total. The third-order valence-corrected chi connectivity index (χ3v) is 7.68. The first-order valence-corrected chi connectivity index (χ1v) is 11.6. The van der Waals surface area contributed by atoms with Gasteiger partial charge in [0.25, 0.3) is 5.91 Å². The number of aryl methyl sites for hydroxylation is 1. The van der Waals surface area contributed by atoms with Gasteiger partial charge < -0.3 is 19.5 Å². The number of halogens is 1. The summed E-state index contributed by atoms with van der Waals surface area (Å²) in [6, 6.07) is 2.98. The van der Waals surface area contributed by atoms with E-state index >= 15 is 0 Å². The summed E-state index contributed by atoms with van der Waals surface area (Å²) in [5, 5.41) is 9.60. The van der Waals surface area contributed by atoms with Gasteiger partial charge >= 0.3 is 5.97 Å². The summed E-state index contributed by atoms with van der Waals surface area (Å²) in [6.07, 6.45) is 3.38. The minimum atomic E-state index is -1.02. The summed E-state index contributed by atoms with van der Waals surface area (Å²) in [6.45, 7) is 3.58. The molecule has 1 amide bonds. The molecule has 0 spiro atoms. The number of fused-ring (bicyclic) bond motifs is 1. The number of nitrogens with zero attached hydrogens (tertiary/aromatic N) is 1. The van der Waals surface area contributed by atoms with Crippen molar-refractivity contribution in [1.29, 1.82) is 0 Å². The van der Waals surface area contributed by atoms with Gasteiger partial charge in [-0.15, -0.1) is 12.6 Å². The number of amides is 1. The van der Waals surface area contributed by atoms with Crippen molar-refractivity contribution >= 4 is 56.7 Å². The van der Waals surface area contributed by atoms with Crippen LogP contribution in [0.15, 0.2) is 28.7 Å². The molecular formula is C21H24BrNO5S2. The molecule has 1 aliphatic heterocycles. The second-order valence-electron chi connectivity index (χ2n) is 7.40. The van der Waals surface area contributed by atoms with Gasteiger partial charge in [-0.05, 0) is 69.6 Å². The molecule has 162 valence electrons.